The third-order valence-corrected chi connectivity index (χ3v) is 7.98. The molecule has 230 valence electrons. The summed E-state index contributed by atoms with van der Waals surface area (Å²) in [5, 5.41) is 9.56. The summed E-state index contributed by atoms with van der Waals surface area (Å²) in [6.45, 7) is 20.9. The summed E-state index contributed by atoms with van der Waals surface area (Å²) in [7, 11) is 0. The molecule has 4 N–H and O–H groups in total. The molecule has 0 aromatic rings. The molecule has 0 unspecified atom stereocenters. The number of hydrazine groups is 1. The molecule has 0 spiro atoms. The molecule has 2 saturated heterocycles. The monoisotopic (exact) mass is 576 g/mol. The summed E-state index contributed by atoms with van der Waals surface area (Å²) in [6, 6.07) is -2.75. The van der Waals surface area contributed by atoms with E-state index in [2.05, 4.69) is 41.8 Å². The zero-order valence-corrected chi connectivity index (χ0v) is 25.9. The first-order chi connectivity index (χ1) is 18.7. The van der Waals surface area contributed by atoms with Crippen LogP contribution in [-0.4, -0.2) is 88.0 Å². The quantitative estimate of drug-likeness (QED) is 0.254. The number of likely N-dealkylation sites (tertiary alicyclic amines) is 1. The minimum Gasteiger partial charge on any atom is -0.370 e. The summed E-state index contributed by atoms with van der Waals surface area (Å²) in [5.41, 5.74) is 1.41. The number of ether oxygens (including phenoxy) is 1. The number of piperidine rings is 1. The highest BCUT2D eigenvalue weighted by molar-refractivity contribution is 5.95. The van der Waals surface area contributed by atoms with Crippen LogP contribution in [0.3, 0.4) is 0 Å². The second-order valence-electron chi connectivity index (χ2n) is 14.1. The number of hydrogen-bond donors (Lipinski definition) is 4. The SMILES string of the molecule is C=CC(=O)N(C[C@@H]1CCC(=O)N1)NC(=O)[C@@H]1[C@@H]2[C@H](CN1C(=O)[C@@H](NC(=O)NC(C)(C)C)[C@@H](C)OC(C)(C)C)C2(C)C. The lowest BCUT2D eigenvalue weighted by molar-refractivity contribution is -0.150. The van der Waals surface area contributed by atoms with Gasteiger partial charge in [0.15, 0.2) is 0 Å². The number of hydrogen-bond acceptors (Lipinski definition) is 6. The van der Waals surface area contributed by atoms with E-state index in [0.29, 0.717) is 19.4 Å². The first-order valence-electron chi connectivity index (χ1n) is 14.4. The van der Waals surface area contributed by atoms with Gasteiger partial charge in [0.1, 0.15) is 12.1 Å². The Bertz CT molecular complexity index is 1080. The number of nitrogens with zero attached hydrogens (tertiary/aromatic N) is 2. The van der Waals surface area contributed by atoms with E-state index in [1.807, 2.05) is 41.5 Å². The molecule has 6 atom stereocenters. The normalized spacial score (nSPS) is 26.3. The van der Waals surface area contributed by atoms with Gasteiger partial charge in [0.25, 0.3) is 11.8 Å². The highest BCUT2D eigenvalue weighted by atomic mass is 16.5. The maximum absolute atomic E-state index is 14.1. The minimum absolute atomic E-state index is 0.0775. The highest BCUT2D eigenvalue weighted by Gasteiger charge is 2.69. The van der Waals surface area contributed by atoms with Gasteiger partial charge in [-0.2, -0.15) is 0 Å². The molecule has 1 aliphatic carbocycles. The molecule has 0 aromatic carbocycles. The number of urea groups is 1. The highest BCUT2D eigenvalue weighted by Crippen LogP contribution is 2.64. The molecule has 12 heteroatoms. The largest absolute Gasteiger partial charge is 0.370 e. The Kier molecular flexibility index (Phi) is 9.17. The molecule has 6 amide bonds. The first-order valence-corrected chi connectivity index (χ1v) is 14.4. The standard InChI is InChI=1S/C29H48N6O6/c1-11-20(37)35(14-17-12-13-19(36)30-17)33-24(38)23-21-18(29(21,9)10)15-34(23)25(39)22(16(2)41-28(6,7)8)31-26(40)32-27(3,4)5/h11,16-18,21-23H,1,12-15H2,2-10H3,(H,30,36)(H,33,38)(H2,31,32,40)/t16-,17+,18+,21+,22+,23+/m1/s1. The molecule has 3 aliphatic rings. The Labute approximate surface area is 243 Å². The van der Waals surface area contributed by atoms with Crippen molar-refractivity contribution in [3.8, 4) is 0 Å². The van der Waals surface area contributed by atoms with E-state index in [-0.39, 0.29) is 35.7 Å². The molecule has 1 saturated carbocycles. The van der Waals surface area contributed by atoms with Crippen LogP contribution in [0.5, 0.6) is 0 Å². The van der Waals surface area contributed by atoms with Crippen LogP contribution in [0.25, 0.3) is 0 Å². The Morgan fingerprint density at radius 2 is 1.83 bits per heavy atom. The summed E-state index contributed by atoms with van der Waals surface area (Å²) in [4.78, 5) is 66.7. The molecule has 0 radical (unpaired) electrons. The topological polar surface area (TPSA) is 149 Å². The average molecular weight is 577 g/mol. The zero-order chi connectivity index (χ0) is 31.1. The molecule has 41 heavy (non-hydrogen) atoms. The van der Waals surface area contributed by atoms with Crippen LogP contribution in [0, 0.1) is 17.3 Å². The van der Waals surface area contributed by atoms with Gasteiger partial charge in [-0.05, 0) is 78.2 Å². The van der Waals surface area contributed by atoms with Gasteiger partial charge in [-0.15, -0.1) is 0 Å². The van der Waals surface area contributed by atoms with Gasteiger partial charge < -0.3 is 25.6 Å². The Morgan fingerprint density at radius 1 is 1.20 bits per heavy atom. The van der Waals surface area contributed by atoms with E-state index in [1.165, 1.54) is 4.90 Å². The number of amides is 6. The molecule has 3 rings (SSSR count). The van der Waals surface area contributed by atoms with Crippen molar-refractivity contribution in [1.29, 1.82) is 0 Å². The molecular formula is C29H48N6O6. The molecule has 2 aliphatic heterocycles. The van der Waals surface area contributed by atoms with Crippen LogP contribution < -0.4 is 21.4 Å². The van der Waals surface area contributed by atoms with Crippen LogP contribution in [-0.2, 0) is 23.9 Å². The van der Waals surface area contributed by atoms with Gasteiger partial charge in [0.2, 0.25) is 11.8 Å². The van der Waals surface area contributed by atoms with Crippen molar-refractivity contribution < 1.29 is 28.7 Å². The fourth-order valence-corrected chi connectivity index (χ4v) is 6.05. The minimum atomic E-state index is -1.06. The lowest BCUT2D eigenvalue weighted by Gasteiger charge is -2.37. The predicted molar refractivity (Wildman–Crippen MR) is 153 cm³/mol. The van der Waals surface area contributed by atoms with E-state index < -0.39 is 53.1 Å². The molecular weight excluding hydrogens is 528 g/mol. The number of fused-ring (bicyclic) bond motifs is 1. The maximum atomic E-state index is 14.1. The molecule has 2 heterocycles. The first kappa shape index (κ1) is 32.4. The Balaban J connectivity index is 1.86. The number of rotatable bonds is 8. The fraction of sp³-hybridized carbons (Fsp3) is 0.759. The third-order valence-electron chi connectivity index (χ3n) is 7.98. The second-order valence-corrected chi connectivity index (χ2v) is 14.1. The average Bonchev–Trinajstić information content (AvgIpc) is 3.17. The fourth-order valence-electron chi connectivity index (χ4n) is 6.05. The molecule has 0 bridgehead atoms. The van der Waals surface area contributed by atoms with Crippen molar-refractivity contribution in [3.05, 3.63) is 12.7 Å². The van der Waals surface area contributed by atoms with Crippen molar-refractivity contribution >= 4 is 29.7 Å². The van der Waals surface area contributed by atoms with Crippen LogP contribution in [0.1, 0.15) is 75.2 Å². The van der Waals surface area contributed by atoms with Crippen LogP contribution >= 0.6 is 0 Å². The van der Waals surface area contributed by atoms with Crippen molar-refractivity contribution in [3.63, 3.8) is 0 Å². The van der Waals surface area contributed by atoms with Crippen molar-refractivity contribution in [2.24, 2.45) is 17.3 Å². The summed E-state index contributed by atoms with van der Waals surface area (Å²) in [5.74, 6) is -1.60. The Morgan fingerprint density at radius 3 is 2.34 bits per heavy atom. The number of carbonyl (C=O) groups is 5. The van der Waals surface area contributed by atoms with Crippen molar-refractivity contribution in [2.75, 3.05) is 13.1 Å². The predicted octanol–water partition coefficient (Wildman–Crippen LogP) is 1.46. The van der Waals surface area contributed by atoms with Gasteiger partial charge in [-0.1, -0.05) is 20.4 Å². The van der Waals surface area contributed by atoms with Gasteiger partial charge in [-0.3, -0.25) is 24.6 Å². The third kappa shape index (κ3) is 7.78. The summed E-state index contributed by atoms with van der Waals surface area (Å²) < 4.78 is 6.09. The van der Waals surface area contributed by atoms with E-state index in [4.69, 9.17) is 4.74 Å². The van der Waals surface area contributed by atoms with Crippen LogP contribution in [0.4, 0.5) is 4.79 Å². The van der Waals surface area contributed by atoms with Crippen LogP contribution in [0.15, 0.2) is 12.7 Å². The lowest BCUT2D eigenvalue weighted by Crippen LogP contribution is -2.63. The maximum Gasteiger partial charge on any atom is 0.315 e. The van der Waals surface area contributed by atoms with E-state index >= 15 is 0 Å². The van der Waals surface area contributed by atoms with Crippen molar-refractivity contribution in [2.45, 2.75) is 111 Å². The zero-order valence-electron chi connectivity index (χ0n) is 25.9. The van der Waals surface area contributed by atoms with Crippen LogP contribution in [0.2, 0.25) is 0 Å². The van der Waals surface area contributed by atoms with Crippen molar-refractivity contribution in [1.82, 2.24) is 31.3 Å². The van der Waals surface area contributed by atoms with E-state index in [1.54, 1.807) is 6.92 Å². The summed E-state index contributed by atoms with van der Waals surface area (Å²) in [6.07, 6.45) is 1.28. The lowest BCUT2D eigenvalue weighted by atomic mass is 9.99. The molecule has 0 aromatic heterocycles. The van der Waals surface area contributed by atoms with Gasteiger partial charge in [0.05, 0.1) is 18.2 Å². The molecule has 12 nitrogen and oxygen atoms in total. The Hall–Kier alpha value is -3.15. The van der Waals surface area contributed by atoms with Gasteiger partial charge in [-0.25, -0.2) is 9.80 Å². The smallest absolute Gasteiger partial charge is 0.315 e. The number of nitrogens with one attached hydrogen (secondary N) is 4. The van der Waals surface area contributed by atoms with Gasteiger partial charge in [0, 0.05) is 24.5 Å². The molecule has 3 fully saturated rings. The number of carbonyl (C=O) groups excluding carboxylic acids is 5. The van der Waals surface area contributed by atoms with Gasteiger partial charge >= 0.3 is 6.03 Å². The van der Waals surface area contributed by atoms with E-state index in [0.717, 1.165) is 11.1 Å². The van der Waals surface area contributed by atoms with E-state index in [9.17, 15) is 24.0 Å². The summed E-state index contributed by atoms with van der Waals surface area (Å²) >= 11 is 0. The second kappa shape index (κ2) is 11.6.